The van der Waals surface area contributed by atoms with Gasteiger partial charge >= 0.3 is 5.97 Å². The predicted octanol–water partition coefficient (Wildman–Crippen LogP) is 3.45. The normalized spacial score (nSPS) is 16.6. The van der Waals surface area contributed by atoms with Crippen molar-refractivity contribution in [2.45, 2.75) is 44.8 Å². The average molecular weight is 366 g/mol. The largest absolute Gasteiger partial charge is 0.449 e. The van der Waals surface area contributed by atoms with Crippen LogP contribution < -0.4 is 5.32 Å². The van der Waals surface area contributed by atoms with Crippen molar-refractivity contribution in [2.75, 3.05) is 0 Å². The van der Waals surface area contributed by atoms with E-state index in [0.29, 0.717) is 0 Å². The van der Waals surface area contributed by atoms with E-state index in [1.807, 2.05) is 24.3 Å². The van der Waals surface area contributed by atoms with Gasteiger partial charge in [-0.1, -0.05) is 40.9 Å². The Morgan fingerprint density at radius 3 is 2.55 bits per heavy atom. The van der Waals surface area contributed by atoms with E-state index in [1.54, 1.807) is 13.0 Å². The molecule has 2 rings (SSSR count). The molecule has 1 aromatic carbocycles. The summed E-state index contributed by atoms with van der Waals surface area (Å²) in [4.78, 5) is 23.7. The number of rotatable bonds is 5. The molecule has 0 bridgehead atoms. The van der Waals surface area contributed by atoms with E-state index in [0.717, 1.165) is 35.7 Å². The first-order chi connectivity index (χ1) is 10.5. The minimum Gasteiger partial charge on any atom is -0.449 e. The second-order valence-corrected chi connectivity index (χ2v) is 6.37. The highest BCUT2D eigenvalue weighted by molar-refractivity contribution is 9.10. The zero-order valence-electron chi connectivity index (χ0n) is 12.5. The van der Waals surface area contributed by atoms with Crippen molar-refractivity contribution in [1.29, 1.82) is 0 Å². The summed E-state index contributed by atoms with van der Waals surface area (Å²) in [7, 11) is 0. The third-order valence-corrected chi connectivity index (χ3v) is 4.17. The molecule has 1 aliphatic rings. The highest BCUT2D eigenvalue weighted by Gasteiger charge is 2.22. The van der Waals surface area contributed by atoms with Gasteiger partial charge in [-0.3, -0.25) is 4.79 Å². The Hall–Kier alpha value is -1.62. The summed E-state index contributed by atoms with van der Waals surface area (Å²) in [6.45, 7) is 1.59. The Morgan fingerprint density at radius 2 is 1.91 bits per heavy atom. The van der Waals surface area contributed by atoms with Crippen LogP contribution in [0, 0.1) is 0 Å². The second-order valence-electron chi connectivity index (χ2n) is 5.45. The molecule has 1 aromatic rings. The maximum absolute atomic E-state index is 11.9. The van der Waals surface area contributed by atoms with Crippen LogP contribution in [0.15, 0.2) is 34.8 Å². The first kappa shape index (κ1) is 16.7. The fourth-order valence-corrected chi connectivity index (χ4v) is 2.66. The summed E-state index contributed by atoms with van der Waals surface area (Å²) < 4.78 is 6.10. The third kappa shape index (κ3) is 5.30. The number of amides is 1. The second kappa shape index (κ2) is 8.13. The van der Waals surface area contributed by atoms with Crippen molar-refractivity contribution in [2.24, 2.45) is 0 Å². The van der Waals surface area contributed by atoms with Crippen molar-refractivity contribution in [3.63, 3.8) is 0 Å². The fraction of sp³-hybridized carbons (Fsp3) is 0.412. The van der Waals surface area contributed by atoms with Gasteiger partial charge in [0.2, 0.25) is 0 Å². The molecule has 22 heavy (non-hydrogen) atoms. The van der Waals surface area contributed by atoms with Crippen LogP contribution >= 0.6 is 15.9 Å². The van der Waals surface area contributed by atoms with Crippen LogP contribution in [0.2, 0.25) is 0 Å². The molecule has 0 radical (unpaired) electrons. The molecule has 5 heteroatoms. The van der Waals surface area contributed by atoms with Crippen LogP contribution in [-0.4, -0.2) is 24.0 Å². The molecule has 4 nitrogen and oxygen atoms in total. The summed E-state index contributed by atoms with van der Waals surface area (Å²) in [5.41, 5.74) is 0.892. The Balaban J connectivity index is 1.79. The summed E-state index contributed by atoms with van der Waals surface area (Å²) in [6, 6.07) is 7.77. The van der Waals surface area contributed by atoms with E-state index in [4.69, 9.17) is 4.74 Å². The van der Waals surface area contributed by atoms with Crippen molar-refractivity contribution in [1.82, 2.24) is 5.32 Å². The van der Waals surface area contributed by atoms with Crippen LogP contribution in [0.3, 0.4) is 0 Å². The molecule has 1 fully saturated rings. The minimum absolute atomic E-state index is 0.225. The van der Waals surface area contributed by atoms with Crippen LogP contribution in [0.25, 0.3) is 6.08 Å². The predicted molar refractivity (Wildman–Crippen MR) is 89.1 cm³/mol. The number of nitrogens with one attached hydrogen (secondary N) is 1. The summed E-state index contributed by atoms with van der Waals surface area (Å²) in [5, 5.41) is 2.92. The molecule has 1 atom stereocenters. The minimum atomic E-state index is -0.775. The lowest BCUT2D eigenvalue weighted by atomic mass is 10.2. The molecule has 0 unspecified atom stereocenters. The van der Waals surface area contributed by atoms with Gasteiger partial charge in [-0.25, -0.2) is 4.79 Å². The van der Waals surface area contributed by atoms with Crippen molar-refractivity contribution < 1.29 is 14.3 Å². The fourth-order valence-electron chi connectivity index (χ4n) is 2.39. The lowest BCUT2D eigenvalue weighted by Gasteiger charge is -2.16. The van der Waals surface area contributed by atoms with E-state index in [-0.39, 0.29) is 11.9 Å². The maximum Gasteiger partial charge on any atom is 0.331 e. The van der Waals surface area contributed by atoms with Crippen LogP contribution in [0.1, 0.15) is 38.2 Å². The van der Waals surface area contributed by atoms with Gasteiger partial charge in [-0.05, 0) is 43.5 Å². The van der Waals surface area contributed by atoms with Gasteiger partial charge in [0.15, 0.2) is 6.10 Å². The highest BCUT2D eigenvalue weighted by atomic mass is 79.9. The van der Waals surface area contributed by atoms with Crippen LogP contribution in [0.5, 0.6) is 0 Å². The average Bonchev–Trinajstić information content (AvgIpc) is 2.99. The molecular weight excluding hydrogens is 346 g/mol. The molecule has 0 aliphatic heterocycles. The molecule has 1 amide bonds. The Kier molecular flexibility index (Phi) is 6.19. The van der Waals surface area contributed by atoms with Crippen molar-refractivity contribution in [3.8, 4) is 0 Å². The Bertz CT molecular complexity index is 548. The third-order valence-electron chi connectivity index (χ3n) is 3.65. The lowest BCUT2D eigenvalue weighted by Crippen LogP contribution is -2.40. The van der Waals surface area contributed by atoms with Gasteiger partial charge in [-0.2, -0.15) is 0 Å². The number of hydrogen-bond donors (Lipinski definition) is 1. The molecule has 0 aromatic heterocycles. The molecule has 0 heterocycles. The Labute approximate surface area is 139 Å². The molecule has 1 N–H and O–H groups in total. The lowest BCUT2D eigenvalue weighted by molar-refractivity contribution is -0.150. The summed E-state index contributed by atoms with van der Waals surface area (Å²) >= 11 is 3.35. The zero-order chi connectivity index (χ0) is 15.9. The van der Waals surface area contributed by atoms with Gasteiger partial charge < -0.3 is 10.1 Å². The van der Waals surface area contributed by atoms with Gasteiger partial charge in [0.25, 0.3) is 5.91 Å². The quantitative estimate of drug-likeness (QED) is 0.642. The number of benzene rings is 1. The number of esters is 1. The number of carbonyl (C=O) groups excluding carboxylic acids is 2. The SMILES string of the molecule is C[C@@H](OC(=O)/C=C/c1ccc(Br)cc1)C(=O)NC1CCCC1. The molecular formula is C17H20BrNO3. The Morgan fingerprint density at radius 1 is 1.27 bits per heavy atom. The molecule has 1 aliphatic carbocycles. The first-order valence-corrected chi connectivity index (χ1v) is 8.28. The van der Waals surface area contributed by atoms with E-state index in [2.05, 4.69) is 21.2 Å². The zero-order valence-corrected chi connectivity index (χ0v) is 14.1. The van der Waals surface area contributed by atoms with Gasteiger partial charge in [0.05, 0.1) is 0 Å². The number of halogens is 1. The van der Waals surface area contributed by atoms with Gasteiger partial charge in [-0.15, -0.1) is 0 Å². The molecule has 1 saturated carbocycles. The topological polar surface area (TPSA) is 55.4 Å². The number of hydrogen-bond acceptors (Lipinski definition) is 3. The highest BCUT2D eigenvalue weighted by Crippen LogP contribution is 2.17. The van der Waals surface area contributed by atoms with E-state index in [9.17, 15) is 9.59 Å². The first-order valence-electron chi connectivity index (χ1n) is 7.49. The molecule has 0 spiro atoms. The molecule has 118 valence electrons. The standard InChI is InChI=1S/C17H20BrNO3/c1-12(17(21)19-15-4-2-3-5-15)22-16(20)11-8-13-6-9-14(18)10-7-13/h6-12,15H,2-5H2,1H3,(H,19,21)/b11-8+/t12-/m1/s1. The summed E-state index contributed by atoms with van der Waals surface area (Å²) in [5.74, 6) is -0.741. The van der Waals surface area contributed by atoms with E-state index < -0.39 is 12.1 Å². The number of carbonyl (C=O) groups is 2. The van der Waals surface area contributed by atoms with Gasteiger partial charge in [0, 0.05) is 16.6 Å². The van der Waals surface area contributed by atoms with E-state index in [1.165, 1.54) is 6.08 Å². The maximum atomic E-state index is 11.9. The van der Waals surface area contributed by atoms with Gasteiger partial charge in [0.1, 0.15) is 0 Å². The molecule has 0 saturated heterocycles. The van der Waals surface area contributed by atoms with Crippen molar-refractivity contribution in [3.05, 3.63) is 40.4 Å². The van der Waals surface area contributed by atoms with Crippen LogP contribution in [0.4, 0.5) is 0 Å². The monoisotopic (exact) mass is 365 g/mol. The van der Waals surface area contributed by atoms with Crippen LogP contribution in [-0.2, 0) is 14.3 Å². The smallest absolute Gasteiger partial charge is 0.331 e. The number of ether oxygens (including phenoxy) is 1. The van der Waals surface area contributed by atoms with E-state index >= 15 is 0 Å². The summed E-state index contributed by atoms with van der Waals surface area (Å²) in [6.07, 6.45) is 6.54. The van der Waals surface area contributed by atoms with Crippen molar-refractivity contribution >= 4 is 33.9 Å².